The topological polar surface area (TPSA) is 73.6 Å². The number of para-hydroxylation sites is 2. The SMILES string of the molecule is Cc1cc(-c2nc(-c3ccc(Oc4ccccc4)cc3)c(-c3ccc(Oc4ccccc4)cc3)n2C(=O)c2ccccc2)cc(C)c1O. The third-order valence-electron chi connectivity index (χ3n) is 8.06. The van der Waals surface area contributed by atoms with Crippen molar-refractivity contribution in [2.45, 2.75) is 13.8 Å². The van der Waals surface area contributed by atoms with Gasteiger partial charge in [-0.15, -0.1) is 0 Å². The summed E-state index contributed by atoms with van der Waals surface area (Å²) in [6.45, 7) is 3.69. The first-order valence-corrected chi connectivity index (χ1v) is 15.6. The first-order valence-electron chi connectivity index (χ1n) is 15.6. The van der Waals surface area contributed by atoms with E-state index in [-0.39, 0.29) is 11.7 Å². The number of hydrogen-bond acceptors (Lipinski definition) is 5. The summed E-state index contributed by atoms with van der Waals surface area (Å²) in [5.74, 6) is 3.27. The van der Waals surface area contributed by atoms with E-state index in [1.165, 1.54) is 0 Å². The van der Waals surface area contributed by atoms with Crippen molar-refractivity contribution in [2.24, 2.45) is 0 Å². The number of aromatic hydroxyl groups is 1. The zero-order valence-corrected chi connectivity index (χ0v) is 26.5. The van der Waals surface area contributed by atoms with Gasteiger partial charge in [-0.2, -0.15) is 0 Å². The van der Waals surface area contributed by atoms with Crippen molar-refractivity contribution in [2.75, 3.05) is 0 Å². The molecule has 0 aliphatic heterocycles. The van der Waals surface area contributed by atoms with E-state index in [1.807, 2.05) is 153 Å². The molecule has 0 spiro atoms. The summed E-state index contributed by atoms with van der Waals surface area (Å²) in [7, 11) is 0. The van der Waals surface area contributed by atoms with Gasteiger partial charge in [0.25, 0.3) is 5.91 Å². The number of aryl methyl sites for hydroxylation is 2. The molecule has 0 saturated heterocycles. The molecule has 48 heavy (non-hydrogen) atoms. The summed E-state index contributed by atoms with van der Waals surface area (Å²) in [4.78, 5) is 19.7. The fourth-order valence-corrected chi connectivity index (χ4v) is 5.68. The van der Waals surface area contributed by atoms with Crippen molar-refractivity contribution in [1.29, 1.82) is 0 Å². The van der Waals surface area contributed by atoms with Crippen LogP contribution in [0.4, 0.5) is 0 Å². The Labute approximate surface area is 279 Å². The van der Waals surface area contributed by atoms with E-state index >= 15 is 0 Å². The van der Waals surface area contributed by atoms with Gasteiger partial charge >= 0.3 is 0 Å². The lowest BCUT2D eigenvalue weighted by atomic mass is 10.0. The molecule has 234 valence electrons. The molecule has 0 amide bonds. The number of ether oxygens (including phenoxy) is 2. The summed E-state index contributed by atoms with van der Waals surface area (Å²) >= 11 is 0. The third-order valence-corrected chi connectivity index (χ3v) is 8.06. The minimum absolute atomic E-state index is 0.217. The Balaban J connectivity index is 1.41. The normalized spacial score (nSPS) is 10.9. The molecule has 0 fully saturated rings. The fraction of sp³-hybridized carbons (Fsp3) is 0.0476. The predicted octanol–water partition coefficient (Wildman–Crippen LogP) is 10.5. The maximum atomic E-state index is 14.5. The summed E-state index contributed by atoms with van der Waals surface area (Å²) in [5.41, 5.74) is 5.47. The Kier molecular flexibility index (Phi) is 8.29. The zero-order valence-electron chi connectivity index (χ0n) is 26.5. The van der Waals surface area contributed by atoms with Crippen LogP contribution >= 0.6 is 0 Å². The van der Waals surface area contributed by atoms with Gasteiger partial charge in [0.15, 0.2) is 0 Å². The molecule has 6 nitrogen and oxygen atoms in total. The number of carbonyl (C=O) groups is 1. The summed E-state index contributed by atoms with van der Waals surface area (Å²) < 4.78 is 13.8. The van der Waals surface area contributed by atoms with E-state index in [0.717, 1.165) is 22.6 Å². The van der Waals surface area contributed by atoms with Crippen LogP contribution in [0, 0.1) is 13.8 Å². The monoisotopic (exact) mass is 628 g/mol. The van der Waals surface area contributed by atoms with Crippen molar-refractivity contribution in [3.8, 4) is 62.7 Å². The maximum absolute atomic E-state index is 14.5. The molecular weight excluding hydrogens is 596 g/mol. The molecule has 0 saturated carbocycles. The molecule has 0 unspecified atom stereocenters. The second kappa shape index (κ2) is 13.1. The highest BCUT2D eigenvalue weighted by Gasteiger charge is 2.27. The van der Waals surface area contributed by atoms with Gasteiger partial charge < -0.3 is 14.6 Å². The molecular formula is C42H32N2O4. The van der Waals surface area contributed by atoms with E-state index in [0.29, 0.717) is 51.0 Å². The summed E-state index contributed by atoms with van der Waals surface area (Å²) in [5, 5.41) is 10.6. The lowest BCUT2D eigenvalue weighted by Gasteiger charge is -2.14. The van der Waals surface area contributed by atoms with Crippen LogP contribution in [-0.4, -0.2) is 20.6 Å². The smallest absolute Gasteiger partial charge is 0.264 e. The Morgan fingerprint density at radius 1 is 0.562 bits per heavy atom. The number of rotatable bonds is 8. The number of phenolic OH excluding ortho intramolecular Hbond substituents is 1. The van der Waals surface area contributed by atoms with E-state index < -0.39 is 0 Å². The van der Waals surface area contributed by atoms with Gasteiger partial charge in [0.05, 0.1) is 11.4 Å². The summed E-state index contributed by atoms with van der Waals surface area (Å²) in [6, 6.07) is 47.5. The number of benzene rings is 6. The number of imidazole rings is 1. The van der Waals surface area contributed by atoms with Crippen LogP contribution < -0.4 is 9.47 Å². The molecule has 0 bridgehead atoms. The van der Waals surface area contributed by atoms with Crippen LogP contribution in [-0.2, 0) is 0 Å². The highest BCUT2D eigenvalue weighted by atomic mass is 16.5. The quantitative estimate of drug-likeness (QED) is 0.181. The van der Waals surface area contributed by atoms with Crippen LogP contribution in [0.5, 0.6) is 28.7 Å². The molecule has 6 aromatic carbocycles. The molecule has 0 aliphatic rings. The molecule has 1 heterocycles. The van der Waals surface area contributed by atoms with Crippen molar-refractivity contribution < 1.29 is 19.4 Å². The highest BCUT2D eigenvalue weighted by Crippen LogP contribution is 2.40. The van der Waals surface area contributed by atoms with Crippen molar-refractivity contribution >= 4 is 5.91 Å². The predicted molar refractivity (Wildman–Crippen MR) is 189 cm³/mol. The Hall–Kier alpha value is -6.40. The third kappa shape index (κ3) is 6.19. The van der Waals surface area contributed by atoms with Crippen LogP contribution in [0.2, 0.25) is 0 Å². The zero-order chi connectivity index (χ0) is 33.0. The van der Waals surface area contributed by atoms with Crippen molar-refractivity contribution in [1.82, 2.24) is 9.55 Å². The Morgan fingerprint density at radius 2 is 1.00 bits per heavy atom. The van der Waals surface area contributed by atoms with Gasteiger partial charge in [0, 0.05) is 22.3 Å². The highest BCUT2D eigenvalue weighted by molar-refractivity contribution is 6.03. The molecule has 0 radical (unpaired) electrons. The average Bonchev–Trinajstić information content (AvgIpc) is 3.53. The van der Waals surface area contributed by atoms with E-state index in [1.54, 1.807) is 16.7 Å². The van der Waals surface area contributed by atoms with Crippen LogP contribution in [0.15, 0.2) is 152 Å². The van der Waals surface area contributed by atoms with Gasteiger partial charge in [-0.1, -0.05) is 54.6 Å². The fourth-order valence-electron chi connectivity index (χ4n) is 5.68. The van der Waals surface area contributed by atoms with Gasteiger partial charge in [0.1, 0.15) is 34.6 Å². The summed E-state index contributed by atoms with van der Waals surface area (Å²) in [6.07, 6.45) is 0. The Morgan fingerprint density at radius 3 is 1.50 bits per heavy atom. The lowest BCUT2D eigenvalue weighted by Crippen LogP contribution is -2.15. The molecule has 7 rings (SSSR count). The molecule has 7 aromatic rings. The first-order chi connectivity index (χ1) is 23.4. The first kappa shape index (κ1) is 30.3. The van der Waals surface area contributed by atoms with Crippen LogP contribution in [0.25, 0.3) is 33.9 Å². The average molecular weight is 629 g/mol. The number of nitrogens with zero attached hydrogens (tertiary/aromatic N) is 2. The van der Waals surface area contributed by atoms with E-state index in [9.17, 15) is 9.90 Å². The molecule has 6 heteroatoms. The molecule has 0 aliphatic carbocycles. The van der Waals surface area contributed by atoms with Gasteiger partial charge in [-0.3, -0.25) is 9.36 Å². The Bertz CT molecular complexity index is 2170. The molecule has 1 aromatic heterocycles. The standard InChI is InChI=1S/C42H32N2O4/c1-28-26-33(27-29(2)40(28)45)41-43-38(30-18-22-36(23-19-30)47-34-14-8-4-9-15-34)39(44(41)42(46)32-12-6-3-7-13-32)31-20-24-37(25-21-31)48-35-16-10-5-11-17-35/h3-27,45H,1-2H3. The van der Waals surface area contributed by atoms with E-state index in [2.05, 4.69) is 0 Å². The minimum atomic E-state index is -0.226. The number of aromatic nitrogens is 2. The molecule has 1 N–H and O–H groups in total. The lowest BCUT2D eigenvalue weighted by molar-refractivity contribution is 0.0963. The largest absolute Gasteiger partial charge is 0.507 e. The minimum Gasteiger partial charge on any atom is -0.507 e. The number of phenols is 1. The second-order valence-corrected chi connectivity index (χ2v) is 11.5. The van der Waals surface area contributed by atoms with Gasteiger partial charge in [-0.25, -0.2) is 4.98 Å². The van der Waals surface area contributed by atoms with Gasteiger partial charge in [-0.05, 0) is 122 Å². The van der Waals surface area contributed by atoms with Gasteiger partial charge in [0.2, 0.25) is 0 Å². The van der Waals surface area contributed by atoms with Crippen LogP contribution in [0.1, 0.15) is 21.5 Å². The number of carbonyl (C=O) groups excluding carboxylic acids is 1. The van der Waals surface area contributed by atoms with Crippen LogP contribution in [0.3, 0.4) is 0 Å². The van der Waals surface area contributed by atoms with E-state index in [4.69, 9.17) is 14.5 Å². The molecule has 0 atom stereocenters. The number of hydrogen-bond donors (Lipinski definition) is 1. The maximum Gasteiger partial charge on any atom is 0.264 e. The van der Waals surface area contributed by atoms with Crippen molar-refractivity contribution in [3.05, 3.63) is 168 Å². The van der Waals surface area contributed by atoms with Crippen molar-refractivity contribution in [3.63, 3.8) is 0 Å². The second-order valence-electron chi connectivity index (χ2n) is 11.5.